The number of nitrogens with one attached hydrogen (secondary N) is 1. The van der Waals surface area contributed by atoms with Crippen LogP contribution in [0.4, 0.5) is 0 Å². The van der Waals surface area contributed by atoms with Crippen LogP contribution in [-0.4, -0.2) is 18.5 Å². The van der Waals surface area contributed by atoms with E-state index in [0.717, 1.165) is 10.9 Å². The van der Waals surface area contributed by atoms with Gasteiger partial charge in [-0.05, 0) is 47.5 Å². The van der Waals surface area contributed by atoms with Gasteiger partial charge in [0.25, 0.3) is 5.91 Å². The highest BCUT2D eigenvalue weighted by Crippen LogP contribution is 2.20. The minimum absolute atomic E-state index is 0.0862. The van der Waals surface area contributed by atoms with Gasteiger partial charge in [0.2, 0.25) is 0 Å². The fourth-order valence-electron chi connectivity index (χ4n) is 1.18. The number of nitrogens with two attached hydrogens (primary N) is 1. The number of carbonyl (C=O) groups is 1. The predicted octanol–water partition coefficient (Wildman–Crippen LogP) is 2.57. The van der Waals surface area contributed by atoms with E-state index < -0.39 is 0 Å². The standard InChI is InChI=1S/C11H14BrClN2O/c1-7(14)4-5-15-11(16)9-6-8(13)2-3-10(9)12/h2-3,6-7H,4-5,14H2,1H3,(H,15,16). The number of rotatable bonds is 4. The minimum atomic E-state index is -0.143. The maximum Gasteiger partial charge on any atom is 0.252 e. The molecule has 3 N–H and O–H groups in total. The van der Waals surface area contributed by atoms with Gasteiger partial charge >= 0.3 is 0 Å². The summed E-state index contributed by atoms with van der Waals surface area (Å²) >= 11 is 9.13. The average molecular weight is 306 g/mol. The van der Waals surface area contributed by atoms with Crippen molar-refractivity contribution < 1.29 is 4.79 Å². The lowest BCUT2D eigenvalue weighted by molar-refractivity contribution is 0.0952. The van der Waals surface area contributed by atoms with E-state index in [-0.39, 0.29) is 11.9 Å². The number of amides is 1. The normalized spacial score (nSPS) is 12.2. The quantitative estimate of drug-likeness (QED) is 0.898. The van der Waals surface area contributed by atoms with Crippen LogP contribution in [0.1, 0.15) is 23.7 Å². The Labute approximate surface area is 108 Å². The predicted molar refractivity (Wildman–Crippen MR) is 69.8 cm³/mol. The molecule has 1 aromatic rings. The molecule has 0 radical (unpaired) electrons. The number of halogens is 2. The van der Waals surface area contributed by atoms with Gasteiger partial charge in [0.1, 0.15) is 0 Å². The first-order chi connectivity index (χ1) is 7.50. The van der Waals surface area contributed by atoms with Crippen LogP contribution in [0.15, 0.2) is 22.7 Å². The Morgan fingerprint density at radius 2 is 2.31 bits per heavy atom. The van der Waals surface area contributed by atoms with Crippen LogP contribution in [0.3, 0.4) is 0 Å². The Morgan fingerprint density at radius 3 is 2.94 bits per heavy atom. The van der Waals surface area contributed by atoms with Crippen molar-refractivity contribution in [3.8, 4) is 0 Å². The van der Waals surface area contributed by atoms with Crippen molar-refractivity contribution in [1.82, 2.24) is 5.32 Å². The van der Waals surface area contributed by atoms with Crippen molar-refractivity contribution in [2.24, 2.45) is 5.73 Å². The van der Waals surface area contributed by atoms with Gasteiger partial charge in [-0.1, -0.05) is 11.6 Å². The van der Waals surface area contributed by atoms with E-state index in [0.29, 0.717) is 17.1 Å². The largest absolute Gasteiger partial charge is 0.352 e. The smallest absolute Gasteiger partial charge is 0.252 e. The molecule has 3 nitrogen and oxygen atoms in total. The molecule has 16 heavy (non-hydrogen) atoms. The molecule has 0 aliphatic heterocycles. The first-order valence-electron chi connectivity index (χ1n) is 4.99. The zero-order valence-corrected chi connectivity index (χ0v) is 11.3. The Balaban J connectivity index is 2.62. The Morgan fingerprint density at radius 1 is 1.62 bits per heavy atom. The first kappa shape index (κ1) is 13.5. The third kappa shape index (κ3) is 4.12. The molecule has 0 aliphatic carbocycles. The highest BCUT2D eigenvalue weighted by molar-refractivity contribution is 9.10. The highest BCUT2D eigenvalue weighted by atomic mass is 79.9. The van der Waals surface area contributed by atoms with Crippen molar-refractivity contribution in [2.45, 2.75) is 19.4 Å². The van der Waals surface area contributed by atoms with E-state index in [2.05, 4.69) is 21.2 Å². The van der Waals surface area contributed by atoms with Crippen LogP contribution >= 0.6 is 27.5 Å². The molecular formula is C11H14BrClN2O. The minimum Gasteiger partial charge on any atom is -0.352 e. The molecule has 0 bridgehead atoms. The molecule has 0 spiro atoms. The lowest BCUT2D eigenvalue weighted by atomic mass is 10.2. The lowest BCUT2D eigenvalue weighted by Crippen LogP contribution is -2.29. The SMILES string of the molecule is CC(N)CCNC(=O)c1cc(Cl)ccc1Br. The molecule has 0 aliphatic rings. The summed E-state index contributed by atoms with van der Waals surface area (Å²) in [6, 6.07) is 5.20. The second-order valence-corrected chi connectivity index (χ2v) is 4.94. The number of carbonyl (C=O) groups excluding carboxylic acids is 1. The van der Waals surface area contributed by atoms with Crippen molar-refractivity contribution in [2.75, 3.05) is 6.54 Å². The third-order valence-corrected chi connectivity index (χ3v) is 2.98. The van der Waals surface area contributed by atoms with Gasteiger partial charge in [-0.15, -0.1) is 0 Å². The second-order valence-electron chi connectivity index (χ2n) is 3.65. The molecule has 88 valence electrons. The van der Waals surface area contributed by atoms with Crippen LogP contribution < -0.4 is 11.1 Å². The van der Waals surface area contributed by atoms with E-state index in [9.17, 15) is 4.79 Å². The average Bonchev–Trinajstić information content (AvgIpc) is 2.21. The van der Waals surface area contributed by atoms with Crippen LogP contribution in [0, 0.1) is 0 Å². The number of hydrogen-bond acceptors (Lipinski definition) is 2. The Bertz CT molecular complexity index is 382. The Hall–Kier alpha value is -0.580. The summed E-state index contributed by atoms with van der Waals surface area (Å²) in [7, 11) is 0. The van der Waals surface area contributed by atoms with Gasteiger partial charge in [0.05, 0.1) is 5.56 Å². The molecule has 0 saturated carbocycles. The van der Waals surface area contributed by atoms with Crippen molar-refractivity contribution in [3.63, 3.8) is 0 Å². The van der Waals surface area contributed by atoms with Crippen LogP contribution in [0.5, 0.6) is 0 Å². The van der Waals surface area contributed by atoms with E-state index in [1.54, 1.807) is 18.2 Å². The maximum atomic E-state index is 11.8. The monoisotopic (exact) mass is 304 g/mol. The zero-order chi connectivity index (χ0) is 12.1. The molecule has 0 fully saturated rings. The Kier molecular flexibility index (Phi) is 5.25. The summed E-state index contributed by atoms with van der Waals surface area (Å²) in [6.07, 6.45) is 0.754. The molecule has 1 aromatic carbocycles. The van der Waals surface area contributed by atoms with E-state index in [1.807, 2.05) is 6.92 Å². The fraction of sp³-hybridized carbons (Fsp3) is 0.364. The van der Waals surface area contributed by atoms with Gasteiger partial charge in [0.15, 0.2) is 0 Å². The van der Waals surface area contributed by atoms with Crippen molar-refractivity contribution >= 4 is 33.4 Å². The summed E-state index contributed by atoms with van der Waals surface area (Å²) in [5.41, 5.74) is 6.13. The molecule has 5 heteroatoms. The van der Waals surface area contributed by atoms with E-state index >= 15 is 0 Å². The topological polar surface area (TPSA) is 55.1 Å². The number of benzene rings is 1. The third-order valence-electron chi connectivity index (χ3n) is 2.06. The van der Waals surface area contributed by atoms with Gasteiger partial charge in [0, 0.05) is 22.1 Å². The molecule has 0 heterocycles. The lowest BCUT2D eigenvalue weighted by Gasteiger charge is -2.08. The van der Waals surface area contributed by atoms with E-state index in [1.165, 1.54) is 0 Å². The first-order valence-corrected chi connectivity index (χ1v) is 6.16. The molecular weight excluding hydrogens is 291 g/mol. The summed E-state index contributed by atoms with van der Waals surface area (Å²) in [5, 5.41) is 3.33. The summed E-state index contributed by atoms with van der Waals surface area (Å²) in [4.78, 5) is 11.8. The van der Waals surface area contributed by atoms with E-state index in [4.69, 9.17) is 17.3 Å². The summed E-state index contributed by atoms with van der Waals surface area (Å²) in [5.74, 6) is -0.143. The van der Waals surface area contributed by atoms with Crippen LogP contribution in [0.25, 0.3) is 0 Å². The molecule has 0 saturated heterocycles. The van der Waals surface area contributed by atoms with Crippen molar-refractivity contribution in [1.29, 1.82) is 0 Å². The molecule has 0 aromatic heterocycles. The highest BCUT2D eigenvalue weighted by Gasteiger charge is 2.10. The van der Waals surface area contributed by atoms with Gasteiger partial charge in [-0.2, -0.15) is 0 Å². The molecule has 1 unspecified atom stereocenters. The van der Waals surface area contributed by atoms with Crippen molar-refractivity contribution in [3.05, 3.63) is 33.3 Å². The number of hydrogen-bond donors (Lipinski definition) is 2. The molecule has 1 atom stereocenters. The van der Waals surface area contributed by atoms with Crippen LogP contribution in [-0.2, 0) is 0 Å². The summed E-state index contributed by atoms with van der Waals surface area (Å²) < 4.78 is 0.732. The fourth-order valence-corrected chi connectivity index (χ4v) is 1.78. The van der Waals surface area contributed by atoms with Crippen LogP contribution in [0.2, 0.25) is 5.02 Å². The maximum absolute atomic E-state index is 11.8. The summed E-state index contributed by atoms with van der Waals surface area (Å²) in [6.45, 7) is 2.47. The van der Waals surface area contributed by atoms with Gasteiger partial charge in [-0.25, -0.2) is 0 Å². The zero-order valence-electron chi connectivity index (χ0n) is 8.97. The van der Waals surface area contributed by atoms with Gasteiger partial charge < -0.3 is 11.1 Å². The molecule has 1 amide bonds. The van der Waals surface area contributed by atoms with Gasteiger partial charge in [-0.3, -0.25) is 4.79 Å². The second kappa shape index (κ2) is 6.23. The molecule has 1 rings (SSSR count).